The average Bonchev–Trinajstić information content (AvgIpc) is 3.15. The maximum Gasteiger partial charge on any atom is 0.157 e. The van der Waals surface area contributed by atoms with Crippen LogP contribution in [0.15, 0.2) is 48.9 Å². The number of halogens is 1. The minimum atomic E-state index is 0.667. The molecule has 144 valence electrons. The third-order valence-corrected chi connectivity index (χ3v) is 5.02. The first-order valence-corrected chi connectivity index (χ1v) is 9.57. The molecular formula is C21H23ClN6. The molecule has 0 aliphatic heterocycles. The SMILES string of the molecule is Cc1cccc(Cl)c1Nc1nc2ccc(NCCN(C)C)cc2n2cncc12. The van der Waals surface area contributed by atoms with Crippen molar-refractivity contribution < 1.29 is 0 Å². The van der Waals surface area contributed by atoms with Crippen molar-refractivity contribution in [2.75, 3.05) is 37.8 Å². The number of anilines is 3. The Kier molecular flexibility index (Phi) is 5.07. The lowest BCUT2D eigenvalue weighted by Crippen LogP contribution is -2.20. The van der Waals surface area contributed by atoms with Gasteiger partial charge in [-0.1, -0.05) is 23.7 Å². The topological polar surface area (TPSA) is 57.5 Å². The van der Waals surface area contributed by atoms with Crippen LogP contribution in [0.2, 0.25) is 5.02 Å². The van der Waals surface area contributed by atoms with Crippen LogP contribution in [0, 0.1) is 6.92 Å². The predicted molar refractivity (Wildman–Crippen MR) is 117 cm³/mol. The van der Waals surface area contributed by atoms with Crippen molar-refractivity contribution in [3.8, 4) is 0 Å². The zero-order valence-electron chi connectivity index (χ0n) is 16.2. The summed E-state index contributed by atoms with van der Waals surface area (Å²) in [5, 5.41) is 7.52. The van der Waals surface area contributed by atoms with Gasteiger partial charge in [0.05, 0.1) is 34.3 Å². The van der Waals surface area contributed by atoms with Gasteiger partial charge in [-0.2, -0.15) is 0 Å². The van der Waals surface area contributed by atoms with Crippen LogP contribution < -0.4 is 10.6 Å². The van der Waals surface area contributed by atoms with Gasteiger partial charge >= 0.3 is 0 Å². The van der Waals surface area contributed by atoms with E-state index in [4.69, 9.17) is 16.6 Å². The van der Waals surface area contributed by atoms with Gasteiger partial charge in [0.2, 0.25) is 0 Å². The molecule has 0 fully saturated rings. The fraction of sp³-hybridized carbons (Fsp3) is 0.238. The lowest BCUT2D eigenvalue weighted by Gasteiger charge is -2.15. The summed E-state index contributed by atoms with van der Waals surface area (Å²) >= 11 is 6.39. The van der Waals surface area contributed by atoms with Crippen LogP contribution in [0.4, 0.5) is 17.2 Å². The lowest BCUT2D eigenvalue weighted by atomic mass is 10.2. The van der Waals surface area contributed by atoms with Crippen molar-refractivity contribution in [1.29, 1.82) is 0 Å². The van der Waals surface area contributed by atoms with Crippen LogP contribution in [0.1, 0.15) is 5.56 Å². The Morgan fingerprint density at radius 3 is 2.79 bits per heavy atom. The molecule has 0 amide bonds. The predicted octanol–water partition coefficient (Wildman–Crippen LogP) is 4.56. The number of nitrogens with one attached hydrogen (secondary N) is 2. The van der Waals surface area contributed by atoms with E-state index in [-0.39, 0.29) is 0 Å². The molecule has 0 atom stereocenters. The van der Waals surface area contributed by atoms with E-state index >= 15 is 0 Å². The van der Waals surface area contributed by atoms with Crippen LogP contribution in [0.25, 0.3) is 16.6 Å². The molecule has 0 saturated carbocycles. The van der Waals surface area contributed by atoms with E-state index < -0.39 is 0 Å². The molecule has 0 aliphatic carbocycles. The third kappa shape index (κ3) is 3.61. The van der Waals surface area contributed by atoms with Gasteiger partial charge in [0, 0.05) is 18.8 Å². The number of para-hydroxylation sites is 1. The van der Waals surface area contributed by atoms with Gasteiger partial charge in [-0.25, -0.2) is 9.97 Å². The van der Waals surface area contributed by atoms with Crippen LogP contribution in [-0.2, 0) is 0 Å². The Bertz CT molecular complexity index is 1110. The van der Waals surface area contributed by atoms with Crippen LogP contribution in [-0.4, -0.2) is 46.5 Å². The maximum atomic E-state index is 6.39. The molecule has 4 aromatic rings. The second-order valence-electron chi connectivity index (χ2n) is 7.10. The summed E-state index contributed by atoms with van der Waals surface area (Å²) in [6.07, 6.45) is 3.63. The molecule has 0 saturated heterocycles. The number of benzene rings is 2. The number of aryl methyl sites for hydroxylation is 1. The standard InChI is InChI=1S/C21H23ClN6/c1-14-5-4-6-16(22)20(14)26-21-19-12-23-13-28(19)18-11-15(7-8-17(18)25-21)24-9-10-27(2)3/h4-8,11-13,24H,9-10H2,1-3H3,(H,25,26). The number of nitrogens with zero attached hydrogens (tertiary/aromatic N) is 4. The number of likely N-dealkylation sites (N-methyl/N-ethyl adjacent to an activating group) is 1. The molecule has 4 rings (SSSR count). The summed E-state index contributed by atoms with van der Waals surface area (Å²) in [5.41, 5.74) is 5.78. The van der Waals surface area contributed by atoms with Crippen molar-refractivity contribution in [2.24, 2.45) is 0 Å². The molecule has 0 aliphatic rings. The number of hydrogen-bond donors (Lipinski definition) is 2. The fourth-order valence-electron chi connectivity index (χ4n) is 3.19. The summed E-state index contributed by atoms with van der Waals surface area (Å²) < 4.78 is 2.05. The Morgan fingerprint density at radius 1 is 1.14 bits per heavy atom. The monoisotopic (exact) mass is 394 g/mol. The van der Waals surface area contributed by atoms with E-state index in [0.29, 0.717) is 5.02 Å². The molecule has 6 nitrogen and oxygen atoms in total. The van der Waals surface area contributed by atoms with Gasteiger partial charge in [-0.15, -0.1) is 0 Å². The fourth-order valence-corrected chi connectivity index (χ4v) is 3.45. The Hall–Kier alpha value is -2.83. The molecule has 2 N–H and O–H groups in total. The van der Waals surface area contributed by atoms with E-state index in [0.717, 1.165) is 52.4 Å². The highest BCUT2D eigenvalue weighted by Crippen LogP contribution is 2.31. The molecule has 2 aromatic heterocycles. The van der Waals surface area contributed by atoms with Crippen LogP contribution in [0.5, 0.6) is 0 Å². The highest BCUT2D eigenvalue weighted by atomic mass is 35.5. The molecule has 7 heteroatoms. The first-order valence-electron chi connectivity index (χ1n) is 9.19. The van der Waals surface area contributed by atoms with Gasteiger partial charge in [0.15, 0.2) is 5.82 Å². The normalized spacial score (nSPS) is 11.5. The smallest absolute Gasteiger partial charge is 0.157 e. The largest absolute Gasteiger partial charge is 0.384 e. The quantitative estimate of drug-likeness (QED) is 0.502. The second kappa shape index (κ2) is 7.66. The average molecular weight is 395 g/mol. The van der Waals surface area contributed by atoms with Gasteiger partial charge < -0.3 is 15.5 Å². The Labute approximate surface area is 169 Å². The Morgan fingerprint density at radius 2 is 2.00 bits per heavy atom. The minimum absolute atomic E-state index is 0.667. The molecule has 0 spiro atoms. The van der Waals surface area contributed by atoms with Crippen LogP contribution >= 0.6 is 11.6 Å². The molecule has 0 radical (unpaired) electrons. The van der Waals surface area contributed by atoms with Gasteiger partial charge in [0.25, 0.3) is 0 Å². The first-order chi connectivity index (χ1) is 13.5. The van der Waals surface area contributed by atoms with Gasteiger partial charge in [-0.05, 0) is 50.8 Å². The van der Waals surface area contributed by atoms with E-state index in [2.05, 4.69) is 46.7 Å². The first kappa shape index (κ1) is 18.5. The molecule has 2 heterocycles. The zero-order chi connectivity index (χ0) is 19.7. The molecular weight excluding hydrogens is 372 g/mol. The van der Waals surface area contributed by atoms with E-state index in [1.165, 1.54) is 0 Å². The summed E-state index contributed by atoms with van der Waals surface area (Å²) in [7, 11) is 4.13. The summed E-state index contributed by atoms with van der Waals surface area (Å²) in [5.74, 6) is 0.731. The number of rotatable bonds is 6. The van der Waals surface area contributed by atoms with Crippen LogP contribution in [0.3, 0.4) is 0 Å². The minimum Gasteiger partial charge on any atom is -0.384 e. The molecule has 2 aromatic carbocycles. The maximum absolute atomic E-state index is 6.39. The highest BCUT2D eigenvalue weighted by molar-refractivity contribution is 6.33. The van der Waals surface area contributed by atoms with Crippen molar-refractivity contribution in [3.05, 3.63) is 59.5 Å². The molecule has 0 unspecified atom stereocenters. The number of fused-ring (bicyclic) bond motifs is 3. The van der Waals surface area contributed by atoms with E-state index in [9.17, 15) is 0 Å². The third-order valence-electron chi connectivity index (χ3n) is 4.70. The van der Waals surface area contributed by atoms with Crippen molar-refractivity contribution in [3.63, 3.8) is 0 Å². The van der Waals surface area contributed by atoms with Crippen molar-refractivity contribution in [1.82, 2.24) is 19.3 Å². The molecule has 0 bridgehead atoms. The number of hydrogen-bond acceptors (Lipinski definition) is 5. The Balaban J connectivity index is 1.74. The number of imidazole rings is 1. The molecule has 28 heavy (non-hydrogen) atoms. The zero-order valence-corrected chi connectivity index (χ0v) is 17.0. The van der Waals surface area contributed by atoms with Crippen molar-refractivity contribution in [2.45, 2.75) is 6.92 Å². The van der Waals surface area contributed by atoms with Crippen molar-refractivity contribution >= 4 is 45.3 Å². The summed E-state index contributed by atoms with van der Waals surface area (Å²) in [6, 6.07) is 12.0. The van der Waals surface area contributed by atoms with E-state index in [1.54, 1.807) is 0 Å². The van der Waals surface area contributed by atoms with Gasteiger partial charge in [-0.3, -0.25) is 4.40 Å². The van der Waals surface area contributed by atoms with E-state index in [1.807, 2.05) is 48.1 Å². The van der Waals surface area contributed by atoms with Gasteiger partial charge in [0.1, 0.15) is 5.52 Å². The second-order valence-corrected chi connectivity index (χ2v) is 7.51. The lowest BCUT2D eigenvalue weighted by molar-refractivity contribution is 0.425. The summed E-state index contributed by atoms with van der Waals surface area (Å²) in [4.78, 5) is 11.3. The highest BCUT2D eigenvalue weighted by Gasteiger charge is 2.12. The summed E-state index contributed by atoms with van der Waals surface area (Å²) in [6.45, 7) is 3.87. The number of aromatic nitrogens is 3.